The molecule has 30 heteroatoms. The first-order chi connectivity index (χ1) is 62.2. The van der Waals surface area contributed by atoms with E-state index in [0.29, 0.717) is 94.7 Å². The molecule has 0 amide bonds. The van der Waals surface area contributed by atoms with Crippen LogP contribution in [-0.2, 0) is 74.3 Å². The van der Waals surface area contributed by atoms with E-state index in [1.54, 1.807) is 74.8 Å². The molecule has 0 aliphatic heterocycles. The Hall–Kier alpha value is -10.9. The summed E-state index contributed by atoms with van der Waals surface area (Å²) in [5.74, 6) is -5.33. The Labute approximate surface area is 750 Å². The van der Waals surface area contributed by atoms with Gasteiger partial charge in [0.25, 0.3) is 16.7 Å². The van der Waals surface area contributed by atoms with Crippen molar-refractivity contribution in [3.05, 3.63) is 334 Å². The van der Waals surface area contributed by atoms with Gasteiger partial charge < -0.3 is 27.9 Å². The number of nitrogens with zero attached hydrogens (tertiary/aromatic N) is 9. The highest BCUT2D eigenvalue weighted by atomic mass is 32.2. The predicted molar refractivity (Wildman–Crippen MR) is 478 cm³/mol. The molecule has 0 saturated heterocycles. The van der Waals surface area contributed by atoms with Crippen LogP contribution in [0.3, 0.4) is 0 Å². The van der Waals surface area contributed by atoms with Crippen LogP contribution in [0.15, 0.2) is 230 Å². The number of ether oxygens (including phenoxy) is 3. The van der Waals surface area contributed by atoms with Gasteiger partial charge in [-0.3, -0.25) is 18.6 Å². The first-order valence-electron chi connectivity index (χ1n) is 43.5. The molecule has 6 heterocycles. The minimum absolute atomic E-state index is 0.00267. The number of aryl methyl sites for hydroxylation is 3. The predicted octanol–water partition coefficient (Wildman–Crippen LogP) is 21.9. The molecular formula is C99H102F9N9O9S3. The number of sulfone groups is 1. The lowest BCUT2D eigenvalue weighted by Gasteiger charge is -2.22. The van der Waals surface area contributed by atoms with Gasteiger partial charge in [-0.05, 0) is 168 Å². The van der Waals surface area contributed by atoms with E-state index in [9.17, 15) is 66.5 Å². The number of rotatable bonds is 33. The zero-order chi connectivity index (χ0) is 91.1. The Morgan fingerprint density at radius 3 is 1.13 bits per heavy atom. The van der Waals surface area contributed by atoms with E-state index in [4.69, 9.17) is 14.2 Å². The average Bonchev–Trinajstić information content (AvgIpc) is 0.795. The molecule has 3 fully saturated rings. The quantitative estimate of drug-likeness (QED) is 0.0212. The summed E-state index contributed by atoms with van der Waals surface area (Å²) in [4.78, 5) is 64.3. The van der Waals surface area contributed by atoms with Crippen molar-refractivity contribution in [2.75, 3.05) is 17.3 Å². The van der Waals surface area contributed by atoms with Crippen molar-refractivity contribution in [3.8, 4) is 33.8 Å². The first kappa shape index (κ1) is 95.7. The van der Waals surface area contributed by atoms with Crippen LogP contribution in [0.4, 0.5) is 39.5 Å². The van der Waals surface area contributed by atoms with Crippen LogP contribution in [0.2, 0.25) is 0 Å². The van der Waals surface area contributed by atoms with E-state index in [1.807, 2.05) is 67.6 Å². The van der Waals surface area contributed by atoms with Gasteiger partial charge in [-0.2, -0.15) is 0 Å². The molecule has 18 nitrogen and oxygen atoms in total. The highest BCUT2D eigenvalue weighted by Crippen LogP contribution is 2.35. The molecule has 6 aromatic carbocycles. The van der Waals surface area contributed by atoms with Crippen LogP contribution in [0.5, 0.6) is 0 Å². The van der Waals surface area contributed by atoms with E-state index < -0.39 is 113 Å². The van der Waals surface area contributed by atoms with Gasteiger partial charge in [-0.1, -0.05) is 179 Å². The van der Waals surface area contributed by atoms with Crippen molar-refractivity contribution >= 4 is 32.4 Å². The summed E-state index contributed by atoms with van der Waals surface area (Å²) >= 11 is 1.45. The lowest BCUT2D eigenvalue weighted by molar-refractivity contribution is 0.0360. The fourth-order valence-electron chi connectivity index (χ4n) is 16.4. The standard InChI is InChI=1S/C33H34F3N3O4S.C33H34F3N3O3S.C33H34F3N3O2S/c1-22-16-30(26-17-29(36)32(40)39(20-26)19-23-8-4-2-5-9-23)38-33(37-22)44(41,42)15-14-31(24-10-6-3-7-11-24)43-21-25-12-13-27(34)18-28(25)35;1-22-16-30(26-17-29(36)32(40)39(20-26)19-23-8-4-2-5-9-23)38-33(37-22)43(41)15-14-31(24-10-6-3-7-11-24)42-21-25-12-13-27(34)18-28(25)35;1-22-16-30(26-17-29(36)32(40)39(20-26)19-23-8-4-2-5-9-23)38-33(37-22)42-15-14-31(24-10-6-3-7-11-24)41-21-25-12-13-27(34)18-28(25)35/h3,6-7,10-13,16-18,20,23,31H,2,4-5,8-9,14-15,19,21H2,1H3;3,6-7,10-13,16-18,20,23,31H,2,4-5,8-9,14-15,19,21H2,1H3;3,6-7,10-13,16-18,20,23,31H,2,4-5,8-9,14-15,19,21H2,1H3. The van der Waals surface area contributed by atoms with E-state index in [1.165, 1.54) is 87.0 Å². The lowest BCUT2D eigenvalue weighted by Crippen LogP contribution is -2.27. The third-order valence-electron chi connectivity index (χ3n) is 23.2. The molecule has 6 aromatic heterocycles. The molecule has 0 spiro atoms. The van der Waals surface area contributed by atoms with Crippen LogP contribution in [0.25, 0.3) is 33.8 Å². The SMILES string of the molecule is Cc1cc(-c2cc(F)c(=O)n(CC3CCCCC3)c2)nc(S(=O)(=O)CCC(OCc2ccc(F)cc2F)c2ccccc2)n1.Cc1cc(-c2cc(F)c(=O)n(CC3CCCCC3)c2)nc(S(=O)CCC(OCc2ccc(F)cc2F)c2ccccc2)n1.Cc1cc(-c2cc(F)c(=O)n(CC3CCCCC3)c2)nc(SCCC(OCc2ccc(F)cc2F)c2ccccc2)n1. The molecule has 0 radical (unpaired) electrons. The van der Waals surface area contributed by atoms with Crippen molar-refractivity contribution in [2.24, 2.45) is 17.8 Å². The minimum atomic E-state index is -4.05. The molecule has 678 valence electrons. The Bertz CT molecular complexity index is 6150. The molecule has 12 aromatic rings. The summed E-state index contributed by atoms with van der Waals surface area (Å²) in [6, 6.07) is 46.4. The van der Waals surface area contributed by atoms with Crippen molar-refractivity contribution in [2.45, 2.75) is 210 Å². The van der Waals surface area contributed by atoms with Gasteiger partial charge in [-0.25, -0.2) is 77.8 Å². The van der Waals surface area contributed by atoms with Gasteiger partial charge >= 0.3 is 0 Å². The molecule has 0 bridgehead atoms. The van der Waals surface area contributed by atoms with E-state index in [2.05, 4.69) is 29.9 Å². The molecule has 4 unspecified atom stereocenters. The maximum Gasteiger partial charge on any atom is 0.286 e. The molecule has 3 saturated carbocycles. The third kappa shape index (κ3) is 27.4. The summed E-state index contributed by atoms with van der Waals surface area (Å²) in [6.45, 7) is 6.29. The highest BCUT2D eigenvalue weighted by molar-refractivity contribution is 7.99. The van der Waals surface area contributed by atoms with Gasteiger partial charge in [0.2, 0.25) is 20.2 Å². The fraction of sp³-hybridized carbons (Fsp3) is 0.364. The Kier molecular flexibility index (Phi) is 34.2. The van der Waals surface area contributed by atoms with Gasteiger partial charge in [-0.15, -0.1) is 0 Å². The highest BCUT2D eigenvalue weighted by Gasteiger charge is 2.28. The van der Waals surface area contributed by atoms with Crippen LogP contribution >= 0.6 is 11.8 Å². The number of hydrogen-bond acceptors (Lipinski definition) is 16. The minimum Gasteiger partial charge on any atom is -0.369 e. The van der Waals surface area contributed by atoms with Crippen molar-refractivity contribution in [3.63, 3.8) is 0 Å². The molecule has 129 heavy (non-hydrogen) atoms. The molecule has 3 aliphatic carbocycles. The van der Waals surface area contributed by atoms with Crippen LogP contribution in [0.1, 0.15) is 184 Å². The Morgan fingerprint density at radius 2 is 0.744 bits per heavy atom. The van der Waals surface area contributed by atoms with Crippen molar-refractivity contribution in [1.29, 1.82) is 0 Å². The smallest absolute Gasteiger partial charge is 0.286 e. The number of aromatic nitrogens is 9. The van der Waals surface area contributed by atoms with Crippen LogP contribution in [-0.4, -0.2) is 73.5 Å². The number of halogens is 9. The van der Waals surface area contributed by atoms with Gasteiger partial charge in [0, 0.05) is 118 Å². The van der Waals surface area contributed by atoms with E-state index in [0.717, 1.165) is 131 Å². The summed E-state index contributed by atoms with van der Waals surface area (Å²) < 4.78 is 190. The summed E-state index contributed by atoms with van der Waals surface area (Å²) in [7, 11) is -5.69. The normalized spacial score (nSPS) is 15.0. The number of pyridine rings is 3. The van der Waals surface area contributed by atoms with Crippen molar-refractivity contribution in [1.82, 2.24) is 43.6 Å². The second-order valence-corrected chi connectivity index (χ2v) is 37.6. The van der Waals surface area contributed by atoms with Crippen molar-refractivity contribution < 1.29 is 66.4 Å². The van der Waals surface area contributed by atoms with Crippen LogP contribution in [0, 0.1) is 90.9 Å². The van der Waals surface area contributed by atoms with Gasteiger partial charge in [0.15, 0.2) is 22.6 Å². The molecule has 0 N–H and O–H groups in total. The topological polar surface area (TPSA) is 222 Å². The maximum atomic E-state index is 14.8. The molecule has 4 atom stereocenters. The number of hydrogen-bond donors (Lipinski definition) is 0. The maximum absolute atomic E-state index is 14.8. The molecular weight excluding hydrogens is 1730 g/mol. The average molecular weight is 1830 g/mol. The fourth-order valence-corrected chi connectivity index (χ4v) is 19.6. The Balaban J connectivity index is 0.000000165. The summed E-state index contributed by atoms with van der Waals surface area (Å²) in [6.07, 6.45) is 20.5. The third-order valence-corrected chi connectivity index (χ3v) is 26.8. The second-order valence-electron chi connectivity index (χ2n) is 33.1. The largest absolute Gasteiger partial charge is 0.369 e. The van der Waals surface area contributed by atoms with Crippen LogP contribution < -0.4 is 16.7 Å². The van der Waals surface area contributed by atoms with Gasteiger partial charge in [0.05, 0.1) is 71.8 Å². The molecule has 3 aliphatic rings. The second kappa shape index (κ2) is 46.1. The monoisotopic (exact) mass is 1830 g/mol. The first-order valence-corrected chi connectivity index (χ1v) is 47.5. The zero-order valence-electron chi connectivity index (χ0n) is 71.9. The van der Waals surface area contributed by atoms with E-state index in [-0.39, 0.29) is 77.1 Å². The number of thioether (sulfide) groups is 1. The Morgan fingerprint density at radius 1 is 0.395 bits per heavy atom. The summed E-state index contributed by atoms with van der Waals surface area (Å²) in [5.41, 5.74) is 5.15. The van der Waals surface area contributed by atoms with Gasteiger partial charge in [0.1, 0.15) is 34.9 Å². The lowest BCUT2D eigenvalue weighted by atomic mass is 9.89. The summed E-state index contributed by atoms with van der Waals surface area (Å²) in [5, 5.41) is 0.206. The number of benzene rings is 6. The molecule has 15 rings (SSSR count). The van der Waals surface area contributed by atoms with E-state index >= 15 is 0 Å². The zero-order valence-corrected chi connectivity index (χ0v) is 74.4.